The normalized spacial score (nSPS) is 22.0. The molecule has 1 aromatic rings. The second kappa shape index (κ2) is 9.51. The van der Waals surface area contributed by atoms with Crippen molar-refractivity contribution < 1.29 is 9.53 Å². The molecule has 2 fully saturated rings. The van der Waals surface area contributed by atoms with Crippen molar-refractivity contribution in [2.75, 3.05) is 26.2 Å². The molecule has 26 heavy (non-hydrogen) atoms. The number of ether oxygens (including phenoxy) is 1. The SMILES string of the molecule is CCc1nc(CN2CCC(CCC(=O)NCC3CCCO3)CC2)c(C)[nH]1. The van der Waals surface area contributed by atoms with E-state index in [0.29, 0.717) is 18.9 Å². The Morgan fingerprint density at radius 2 is 2.15 bits per heavy atom. The lowest BCUT2D eigenvalue weighted by Crippen LogP contribution is -2.35. The number of hydrogen-bond acceptors (Lipinski definition) is 4. The third-order valence-corrected chi connectivity index (χ3v) is 5.78. The van der Waals surface area contributed by atoms with Gasteiger partial charge in [-0.25, -0.2) is 4.98 Å². The molecule has 1 atom stereocenters. The molecule has 2 N–H and O–H groups in total. The first kappa shape index (κ1) is 19.4. The van der Waals surface area contributed by atoms with Crippen LogP contribution in [0.25, 0.3) is 0 Å². The van der Waals surface area contributed by atoms with E-state index in [-0.39, 0.29) is 12.0 Å². The molecule has 0 aliphatic carbocycles. The topological polar surface area (TPSA) is 70.2 Å². The van der Waals surface area contributed by atoms with Crippen LogP contribution in [0.2, 0.25) is 0 Å². The molecule has 6 nitrogen and oxygen atoms in total. The number of imidazole rings is 1. The first-order chi connectivity index (χ1) is 12.6. The molecule has 2 saturated heterocycles. The number of hydrogen-bond donors (Lipinski definition) is 2. The number of nitrogens with one attached hydrogen (secondary N) is 2. The summed E-state index contributed by atoms with van der Waals surface area (Å²) in [5, 5.41) is 3.03. The summed E-state index contributed by atoms with van der Waals surface area (Å²) in [5.41, 5.74) is 2.39. The van der Waals surface area contributed by atoms with Gasteiger partial charge in [-0.05, 0) is 58.0 Å². The van der Waals surface area contributed by atoms with Crippen LogP contribution in [0.15, 0.2) is 0 Å². The van der Waals surface area contributed by atoms with Crippen LogP contribution < -0.4 is 5.32 Å². The van der Waals surface area contributed by atoms with Crippen LogP contribution in [0.5, 0.6) is 0 Å². The summed E-state index contributed by atoms with van der Waals surface area (Å²) in [6, 6.07) is 0. The highest BCUT2D eigenvalue weighted by Crippen LogP contribution is 2.23. The standard InChI is InChI=1S/C20H34N4O2/c1-3-19-22-15(2)18(23-19)14-24-10-8-16(9-11-24)6-7-20(25)21-13-17-5-4-12-26-17/h16-17H,3-14H2,1-2H3,(H,21,25)(H,22,23). The Labute approximate surface area is 157 Å². The lowest BCUT2D eigenvalue weighted by molar-refractivity contribution is -0.122. The number of carbonyl (C=O) groups is 1. The lowest BCUT2D eigenvalue weighted by atomic mass is 9.92. The molecule has 1 aromatic heterocycles. The Morgan fingerprint density at radius 1 is 1.35 bits per heavy atom. The Hall–Kier alpha value is -1.40. The van der Waals surface area contributed by atoms with Gasteiger partial charge in [0.05, 0.1) is 11.8 Å². The number of rotatable bonds is 8. The smallest absolute Gasteiger partial charge is 0.220 e. The minimum atomic E-state index is 0.183. The van der Waals surface area contributed by atoms with Crippen molar-refractivity contribution in [1.82, 2.24) is 20.2 Å². The van der Waals surface area contributed by atoms with Crippen LogP contribution in [0.1, 0.15) is 62.7 Å². The van der Waals surface area contributed by atoms with E-state index in [0.717, 1.165) is 57.7 Å². The Balaban J connectivity index is 1.31. The average molecular weight is 363 g/mol. The van der Waals surface area contributed by atoms with E-state index in [2.05, 4.69) is 29.0 Å². The van der Waals surface area contributed by atoms with Crippen molar-refractivity contribution in [2.24, 2.45) is 5.92 Å². The fourth-order valence-electron chi connectivity index (χ4n) is 3.99. The van der Waals surface area contributed by atoms with Gasteiger partial charge in [-0.15, -0.1) is 0 Å². The molecule has 2 aliphatic rings. The number of aryl methyl sites for hydroxylation is 2. The van der Waals surface area contributed by atoms with Gasteiger partial charge in [-0.2, -0.15) is 0 Å². The summed E-state index contributed by atoms with van der Waals surface area (Å²) in [6.07, 6.45) is 7.41. The fourth-order valence-corrected chi connectivity index (χ4v) is 3.99. The van der Waals surface area contributed by atoms with Crippen LogP contribution in [0.4, 0.5) is 0 Å². The molecular weight excluding hydrogens is 328 g/mol. The summed E-state index contributed by atoms with van der Waals surface area (Å²) in [6.45, 7) is 8.92. The van der Waals surface area contributed by atoms with E-state index >= 15 is 0 Å². The maximum atomic E-state index is 12.0. The molecular formula is C20H34N4O2. The van der Waals surface area contributed by atoms with Crippen LogP contribution >= 0.6 is 0 Å². The Morgan fingerprint density at radius 3 is 2.81 bits per heavy atom. The van der Waals surface area contributed by atoms with E-state index in [1.54, 1.807) is 0 Å². The first-order valence-corrected chi connectivity index (χ1v) is 10.3. The molecule has 0 aromatic carbocycles. The highest BCUT2D eigenvalue weighted by molar-refractivity contribution is 5.75. The summed E-state index contributed by atoms with van der Waals surface area (Å²) in [5.74, 6) is 1.94. The predicted molar refractivity (Wildman–Crippen MR) is 102 cm³/mol. The number of amides is 1. The first-order valence-electron chi connectivity index (χ1n) is 10.3. The number of nitrogens with zero attached hydrogens (tertiary/aromatic N) is 2. The van der Waals surface area contributed by atoms with Crippen molar-refractivity contribution >= 4 is 5.91 Å². The van der Waals surface area contributed by atoms with Crippen LogP contribution in [-0.2, 0) is 22.5 Å². The maximum absolute atomic E-state index is 12.0. The number of piperidine rings is 1. The van der Waals surface area contributed by atoms with Gasteiger partial charge in [-0.3, -0.25) is 9.69 Å². The van der Waals surface area contributed by atoms with E-state index in [9.17, 15) is 4.79 Å². The van der Waals surface area contributed by atoms with E-state index in [1.807, 2.05) is 0 Å². The summed E-state index contributed by atoms with van der Waals surface area (Å²) >= 11 is 0. The second-order valence-corrected chi connectivity index (χ2v) is 7.81. The van der Waals surface area contributed by atoms with Gasteiger partial charge >= 0.3 is 0 Å². The van der Waals surface area contributed by atoms with Crippen LogP contribution in [0, 0.1) is 12.8 Å². The summed E-state index contributed by atoms with van der Waals surface area (Å²) in [7, 11) is 0. The minimum absolute atomic E-state index is 0.183. The van der Waals surface area contributed by atoms with Crippen molar-refractivity contribution in [2.45, 2.75) is 71.4 Å². The molecule has 146 valence electrons. The highest BCUT2D eigenvalue weighted by Gasteiger charge is 2.22. The molecule has 0 spiro atoms. The number of likely N-dealkylation sites (tertiary alicyclic amines) is 1. The zero-order chi connectivity index (χ0) is 18.4. The van der Waals surface area contributed by atoms with E-state index in [1.165, 1.54) is 24.2 Å². The molecule has 0 bridgehead atoms. The third kappa shape index (κ3) is 5.55. The average Bonchev–Trinajstić information content (AvgIpc) is 3.29. The van der Waals surface area contributed by atoms with Crippen LogP contribution in [0.3, 0.4) is 0 Å². The van der Waals surface area contributed by atoms with Gasteiger partial charge in [0.25, 0.3) is 0 Å². The molecule has 2 aliphatic heterocycles. The monoisotopic (exact) mass is 362 g/mol. The molecule has 3 heterocycles. The number of aromatic nitrogens is 2. The van der Waals surface area contributed by atoms with Crippen molar-refractivity contribution in [3.63, 3.8) is 0 Å². The minimum Gasteiger partial charge on any atom is -0.376 e. The number of aromatic amines is 1. The van der Waals surface area contributed by atoms with Gasteiger partial charge in [-0.1, -0.05) is 6.92 Å². The number of carbonyl (C=O) groups excluding carboxylic acids is 1. The zero-order valence-electron chi connectivity index (χ0n) is 16.4. The second-order valence-electron chi connectivity index (χ2n) is 7.81. The van der Waals surface area contributed by atoms with Gasteiger partial charge < -0.3 is 15.0 Å². The Kier molecular flexibility index (Phi) is 7.08. The van der Waals surface area contributed by atoms with Crippen molar-refractivity contribution in [3.05, 3.63) is 17.2 Å². The van der Waals surface area contributed by atoms with Crippen LogP contribution in [-0.4, -0.2) is 53.1 Å². The lowest BCUT2D eigenvalue weighted by Gasteiger charge is -2.31. The van der Waals surface area contributed by atoms with Gasteiger partial charge in [0.2, 0.25) is 5.91 Å². The van der Waals surface area contributed by atoms with Gasteiger partial charge in [0.1, 0.15) is 5.82 Å². The van der Waals surface area contributed by atoms with E-state index in [4.69, 9.17) is 9.72 Å². The summed E-state index contributed by atoms with van der Waals surface area (Å²) < 4.78 is 5.55. The maximum Gasteiger partial charge on any atom is 0.220 e. The van der Waals surface area contributed by atoms with Gasteiger partial charge in [0, 0.05) is 38.2 Å². The third-order valence-electron chi connectivity index (χ3n) is 5.78. The van der Waals surface area contributed by atoms with Crippen molar-refractivity contribution in [1.29, 1.82) is 0 Å². The molecule has 1 unspecified atom stereocenters. The fraction of sp³-hybridized carbons (Fsp3) is 0.800. The Bertz CT molecular complexity index is 572. The van der Waals surface area contributed by atoms with Crippen molar-refractivity contribution in [3.8, 4) is 0 Å². The number of H-pyrrole nitrogens is 1. The molecule has 0 saturated carbocycles. The summed E-state index contributed by atoms with van der Waals surface area (Å²) in [4.78, 5) is 22.6. The zero-order valence-corrected chi connectivity index (χ0v) is 16.4. The van der Waals surface area contributed by atoms with E-state index < -0.39 is 0 Å². The molecule has 0 radical (unpaired) electrons. The molecule has 6 heteroatoms. The quantitative estimate of drug-likeness (QED) is 0.746. The van der Waals surface area contributed by atoms with Gasteiger partial charge in [0.15, 0.2) is 0 Å². The predicted octanol–water partition coefficient (Wildman–Crippen LogP) is 2.57. The largest absolute Gasteiger partial charge is 0.376 e. The highest BCUT2D eigenvalue weighted by atomic mass is 16.5. The molecule has 1 amide bonds. The molecule has 3 rings (SSSR count).